The Kier molecular flexibility index (Phi) is 5.50. The number of ether oxygens (including phenoxy) is 1. The second-order valence-electron chi connectivity index (χ2n) is 5.17. The van der Waals surface area contributed by atoms with E-state index in [1.807, 2.05) is 24.3 Å². The summed E-state index contributed by atoms with van der Waals surface area (Å²) in [5.74, 6) is 0.812. The predicted octanol–water partition coefficient (Wildman–Crippen LogP) is 4.75. The number of hydrogen-bond acceptors (Lipinski definition) is 3. The fourth-order valence-corrected chi connectivity index (χ4v) is 2.28. The predicted molar refractivity (Wildman–Crippen MR) is 90.4 cm³/mol. The van der Waals surface area contributed by atoms with Crippen LogP contribution in [0.3, 0.4) is 0 Å². The summed E-state index contributed by atoms with van der Waals surface area (Å²) >= 11 is 0. The van der Waals surface area contributed by atoms with E-state index in [2.05, 4.69) is 37.4 Å². The van der Waals surface area contributed by atoms with E-state index in [0.29, 0.717) is 12.3 Å². The van der Waals surface area contributed by atoms with Crippen LogP contribution in [0.15, 0.2) is 42.5 Å². The van der Waals surface area contributed by atoms with E-state index in [1.165, 1.54) is 5.56 Å². The normalized spacial score (nSPS) is 10.4. The van der Waals surface area contributed by atoms with E-state index >= 15 is 0 Å². The molecule has 0 saturated carbocycles. The fraction of sp³-hybridized carbons (Fsp3) is 0.333. The molecule has 0 unspecified atom stereocenters. The molecule has 0 aliphatic carbocycles. The van der Waals surface area contributed by atoms with E-state index in [-0.39, 0.29) is 0 Å². The molecular weight excluding hydrogens is 260 g/mol. The second-order valence-corrected chi connectivity index (χ2v) is 5.17. The van der Waals surface area contributed by atoms with Gasteiger partial charge >= 0.3 is 0 Å². The highest BCUT2D eigenvalue weighted by Crippen LogP contribution is 2.27. The number of nitrogens with one attached hydrogen (secondary N) is 1. The fourth-order valence-electron chi connectivity index (χ4n) is 2.28. The van der Waals surface area contributed by atoms with Crippen molar-refractivity contribution in [2.75, 3.05) is 17.7 Å². The minimum absolute atomic E-state index is 0.704. The summed E-state index contributed by atoms with van der Waals surface area (Å²) in [5.41, 5.74) is 10.1. The van der Waals surface area contributed by atoms with Gasteiger partial charge in [-0.05, 0) is 30.5 Å². The Morgan fingerprint density at radius 3 is 2.62 bits per heavy atom. The third kappa shape index (κ3) is 4.42. The second kappa shape index (κ2) is 7.58. The third-order valence-corrected chi connectivity index (χ3v) is 3.22. The largest absolute Gasteiger partial charge is 0.493 e. The van der Waals surface area contributed by atoms with Crippen molar-refractivity contribution in [2.45, 2.75) is 33.1 Å². The number of hydrogen-bond donors (Lipinski definition) is 2. The molecule has 0 aliphatic rings. The molecule has 112 valence electrons. The molecule has 0 spiro atoms. The summed E-state index contributed by atoms with van der Waals surface area (Å²) in [6, 6.07) is 14.2. The van der Waals surface area contributed by atoms with Crippen LogP contribution in [-0.4, -0.2) is 6.61 Å². The first-order valence-electron chi connectivity index (χ1n) is 7.61. The summed E-state index contributed by atoms with van der Waals surface area (Å²) in [7, 11) is 0. The molecule has 0 radical (unpaired) electrons. The lowest BCUT2D eigenvalue weighted by molar-refractivity contribution is 0.318. The minimum atomic E-state index is 0.704. The van der Waals surface area contributed by atoms with Crippen LogP contribution in [0.2, 0.25) is 0 Å². The van der Waals surface area contributed by atoms with Gasteiger partial charge in [0.15, 0.2) is 0 Å². The van der Waals surface area contributed by atoms with Gasteiger partial charge in [0.2, 0.25) is 0 Å². The number of nitrogens with two attached hydrogens (primary N) is 1. The van der Waals surface area contributed by atoms with Gasteiger partial charge in [0, 0.05) is 29.2 Å². The summed E-state index contributed by atoms with van der Waals surface area (Å²) in [4.78, 5) is 0. The van der Waals surface area contributed by atoms with Crippen molar-refractivity contribution in [1.82, 2.24) is 0 Å². The molecule has 2 aromatic rings. The van der Waals surface area contributed by atoms with Gasteiger partial charge in [0.25, 0.3) is 0 Å². The van der Waals surface area contributed by atoms with Gasteiger partial charge in [0.1, 0.15) is 5.75 Å². The maximum absolute atomic E-state index is 5.96. The lowest BCUT2D eigenvalue weighted by atomic mass is 10.1. The minimum Gasteiger partial charge on any atom is -0.493 e. The van der Waals surface area contributed by atoms with Crippen LogP contribution in [0.5, 0.6) is 5.75 Å². The molecule has 0 bridgehead atoms. The number of para-hydroxylation sites is 1. The van der Waals surface area contributed by atoms with Gasteiger partial charge in [0.05, 0.1) is 6.61 Å². The summed E-state index contributed by atoms with van der Waals surface area (Å²) < 4.78 is 5.67. The standard InChI is InChI=1S/C18H24N2O/c1-3-7-14-8-5-6-9-18(14)20-16-11-15(19)12-17(13-16)21-10-4-2/h5-6,8-9,11-13,20H,3-4,7,10,19H2,1-2H3. The highest BCUT2D eigenvalue weighted by atomic mass is 16.5. The molecule has 3 nitrogen and oxygen atoms in total. The number of nitrogen functional groups attached to an aromatic ring is 1. The van der Waals surface area contributed by atoms with Crippen LogP contribution < -0.4 is 15.8 Å². The van der Waals surface area contributed by atoms with Crippen molar-refractivity contribution in [2.24, 2.45) is 0 Å². The summed E-state index contributed by atoms with van der Waals surface area (Å²) in [5, 5.41) is 3.45. The van der Waals surface area contributed by atoms with E-state index in [4.69, 9.17) is 10.5 Å². The van der Waals surface area contributed by atoms with Gasteiger partial charge in [-0.15, -0.1) is 0 Å². The van der Waals surface area contributed by atoms with E-state index in [1.54, 1.807) is 0 Å². The van der Waals surface area contributed by atoms with Crippen molar-refractivity contribution < 1.29 is 4.74 Å². The highest BCUT2D eigenvalue weighted by molar-refractivity contribution is 5.68. The Hall–Kier alpha value is -2.16. The number of anilines is 3. The maximum atomic E-state index is 5.96. The van der Waals surface area contributed by atoms with Crippen LogP contribution in [0.1, 0.15) is 32.3 Å². The molecule has 0 fully saturated rings. The molecular formula is C18H24N2O. The van der Waals surface area contributed by atoms with Gasteiger partial charge in [-0.25, -0.2) is 0 Å². The zero-order chi connectivity index (χ0) is 15.1. The molecule has 21 heavy (non-hydrogen) atoms. The molecule has 0 aromatic heterocycles. The van der Waals surface area contributed by atoms with Gasteiger partial charge in [-0.1, -0.05) is 38.5 Å². The Labute approximate surface area is 127 Å². The molecule has 2 rings (SSSR count). The van der Waals surface area contributed by atoms with Gasteiger partial charge in [-0.3, -0.25) is 0 Å². The average Bonchev–Trinajstić information content (AvgIpc) is 2.47. The van der Waals surface area contributed by atoms with E-state index in [9.17, 15) is 0 Å². The topological polar surface area (TPSA) is 47.3 Å². The van der Waals surface area contributed by atoms with Crippen molar-refractivity contribution in [3.05, 3.63) is 48.0 Å². The average molecular weight is 284 g/mol. The van der Waals surface area contributed by atoms with Crippen LogP contribution >= 0.6 is 0 Å². The van der Waals surface area contributed by atoms with Crippen LogP contribution in [-0.2, 0) is 6.42 Å². The Morgan fingerprint density at radius 2 is 1.86 bits per heavy atom. The first-order valence-corrected chi connectivity index (χ1v) is 7.61. The van der Waals surface area contributed by atoms with E-state index in [0.717, 1.165) is 36.4 Å². The zero-order valence-corrected chi connectivity index (χ0v) is 12.9. The van der Waals surface area contributed by atoms with Crippen molar-refractivity contribution in [1.29, 1.82) is 0 Å². The van der Waals surface area contributed by atoms with Gasteiger partial charge in [-0.2, -0.15) is 0 Å². The number of benzene rings is 2. The molecule has 0 aliphatic heterocycles. The Balaban J connectivity index is 2.21. The molecule has 0 heterocycles. The highest BCUT2D eigenvalue weighted by Gasteiger charge is 2.04. The summed E-state index contributed by atoms with van der Waals surface area (Å²) in [6.07, 6.45) is 3.17. The molecule has 0 amide bonds. The van der Waals surface area contributed by atoms with Crippen LogP contribution in [0.4, 0.5) is 17.1 Å². The quantitative estimate of drug-likeness (QED) is 0.721. The van der Waals surface area contributed by atoms with Crippen molar-refractivity contribution in [3.8, 4) is 5.75 Å². The molecule has 0 atom stereocenters. The smallest absolute Gasteiger partial charge is 0.123 e. The lowest BCUT2D eigenvalue weighted by Gasteiger charge is -2.14. The SMILES string of the molecule is CCCOc1cc(N)cc(Nc2ccccc2CCC)c1. The maximum Gasteiger partial charge on any atom is 0.123 e. The monoisotopic (exact) mass is 284 g/mol. The molecule has 0 saturated heterocycles. The third-order valence-electron chi connectivity index (χ3n) is 3.22. The Morgan fingerprint density at radius 1 is 1.05 bits per heavy atom. The van der Waals surface area contributed by atoms with Crippen molar-refractivity contribution in [3.63, 3.8) is 0 Å². The lowest BCUT2D eigenvalue weighted by Crippen LogP contribution is -2.00. The first-order chi connectivity index (χ1) is 10.2. The first kappa shape index (κ1) is 15.2. The zero-order valence-electron chi connectivity index (χ0n) is 12.9. The van der Waals surface area contributed by atoms with E-state index < -0.39 is 0 Å². The molecule has 2 aromatic carbocycles. The number of rotatable bonds is 7. The Bertz CT molecular complexity index is 581. The molecule has 3 heteroatoms. The number of aryl methyl sites for hydroxylation is 1. The van der Waals surface area contributed by atoms with Gasteiger partial charge < -0.3 is 15.8 Å². The van der Waals surface area contributed by atoms with Crippen molar-refractivity contribution >= 4 is 17.1 Å². The summed E-state index contributed by atoms with van der Waals surface area (Å²) in [6.45, 7) is 4.98. The molecule has 3 N–H and O–H groups in total. The van der Waals surface area contributed by atoms with Crippen LogP contribution in [0, 0.1) is 0 Å². The van der Waals surface area contributed by atoms with Crippen LogP contribution in [0.25, 0.3) is 0 Å².